The lowest BCUT2D eigenvalue weighted by atomic mass is 10.2. The van der Waals surface area contributed by atoms with E-state index in [9.17, 15) is 18.0 Å². The van der Waals surface area contributed by atoms with Gasteiger partial charge in [-0.1, -0.05) is 6.07 Å². The number of benzene rings is 1. The molecule has 27 heavy (non-hydrogen) atoms. The van der Waals surface area contributed by atoms with E-state index in [2.05, 4.69) is 4.72 Å². The number of sulfonamides is 1. The molecule has 0 saturated carbocycles. The van der Waals surface area contributed by atoms with Crippen molar-refractivity contribution in [2.45, 2.75) is 18.7 Å². The highest BCUT2D eigenvalue weighted by molar-refractivity contribution is 7.89. The third-order valence-electron chi connectivity index (χ3n) is 4.03. The van der Waals surface area contributed by atoms with Crippen LogP contribution in [0.4, 0.5) is 0 Å². The van der Waals surface area contributed by atoms with Crippen LogP contribution in [-0.4, -0.2) is 70.9 Å². The molecule has 1 rings (SSSR count). The average molecular weight is 397 g/mol. The second-order valence-corrected chi connectivity index (χ2v) is 7.57. The molecule has 8 nitrogen and oxygen atoms in total. The highest BCUT2D eigenvalue weighted by atomic mass is 32.2. The van der Waals surface area contributed by atoms with Crippen LogP contribution in [0.15, 0.2) is 29.2 Å². The summed E-state index contributed by atoms with van der Waals surface area (Å²) in [7, 11) is 0.525. The normalized spacial score (nSPS) is 11.4. The summed E-state index contributed by atoms with van der Waals surface area (Å²) in [5.74, 6) is -0.282. The zero-order valence-corrected chi connectivity index (χ0v) is 17.2. The number of carbonyl (C=O) groups is 2. The molecule has 0 atom stereocenters. The van der Waals surface area contributed by atoms with Gasteiger partial charge in [-0.25, -0.2) is 13.1 Å². The molecule has 0 aliphatic rings. The van der Waals surface area contributed by atoms with Crippen LogP contribution in [0.1, 0.15) is 19.4 Å². The highest BCUT2D eigenvalue weighted by Gasteiger charge is 2.18. The Labute approximate surface area is 160 Å². The van der Waals surface area contributed by atoms with Gasteiger partial charge in [0.2, 0.25) is 21.8 Å². The Morgan fingerprint density at radius 3 is 2.37 bits per heavy atom. The first-order chi connectivity index (χ1) is 12.7. The van der Waals surface area contributed by atoms with Gasteiger partial charge in [-0.3, -0.25) is 9.59 Å². The Kier molecular flexibility index (Phi) is 8.45. The molecule has 1 N–H and O–H groups in total. The Morgan fingerprint density at radius 1 is 1.22 bits per heavy atom. The lowest BCUT2D eigenvalue weighted by Crippen LogP contribution is -2.40. The first kappa shape index (κ1) is 22.7. The van der Waals surface area contributed by atoms with Crippen molar-refractivity contribution in [3.8, 4) is 5.75 Å². The zero-order chi connectivity index (χ0) is 20.6. The third-order valence-corrected chi connectivity index (χ3v) is 5.46. The quantitative estimate of drug-likeness (QED) is 0.626. The van der Waals surface area contributed by atoms with Gasteiger partial charge in [0.1, 0.15) is 10.6 Å². The predicted octanol–water partition coefficient (Wildman–Crippen LogP) is 0.943. The largest absolute Gasteiger partial charge is 0.495 e. The number of likely N-dealkylation sites (N-methyl/N-ethyl adjacent to an activating group) is 2. The Balaban J connectivity index is 2.94. The van der Waals surface area contributed by atoms with Gasteiger partial charge >= 0.3 is 0 Å². The second kappa shape index (κ2) is 10.1. The molecule has 0 spiro atoms. The molecular weight excluding hydrogens is 370 g/mol. The topological polar surface area (TPSA) is 96.0 Å². The van der Waals surface area contributed by atoms with E-state index < -0.39 is 10.0 Å². The maximum atomic E-state index is 12.2. The molecule has 0 saturated heterocycles. The molecule has 2 amide bonds. The summed E-state index contributed by atoms with van der Waals surface area (Å²) in [6.45, 7) is 4.91. The number of hydrogen-bond donors (Lipinski definition) is 1. The molecule has 0 bridgehead atoms. The van der Waals surface area contributed by atoms with Gasteiger partial charge in [0, 0.05) is 26.2 Å². The SMILES string of the molecule is CCN(CC)C(=O)CN(C)C(=O)/C=C/c1ccc(OC)c(S(=O)(=O)NC)c1. The number of nitrogens with zero attached hydrogens (tertiary/aromatic N) is 2. The number of carbonyl (C=O) groups excluding carboxylic acids is 2. The number of methoxy groups -OCH3 is 1. The predicted molar refractivity (Wildman–Crippen MR) is 104 cm³/mol. The van der Waals surface area contributed by atoms with Crippen LogP contribution in [0, 0.1) is 0 Å². The first-order valence-corrected chi connectivity index (χ1v) is 10.0. The van der Waals surface area contributed by atoms with Crippen molar-refractivity contribution in [2.75, 3.05) is 40.8 Å². The van der Waals surface area contributed by atoms with Gasteiger partial charge in [0.15, 0.2) is 0 Å². The van der Waals surface area contributed by atoms with E-state index in [4.69, 9.17) is 4.74 Å². The summed E-state index contributed by atoms with van der Waals surface area (Å²) in [6, 6.07) is 4.57. The van der Waals surface area contributed by atoms with Crippen LogP contribution in [-0.2, 0) is 19.6 Å². The number of rotatable bonds is 9. The molecule has 0 heterocycles. The van der Waals surface area contributed by atoms with Crippen LogP contribution >= 0.6 is 0 Å². The Bertz CT molecular complexity index is 801. The van der Waals surface area contributed by atoms with Gasteiger partial charge in [0.05, 0.1) is 13.7 Å². The Morgan fingerprint density at radius 2 is 1.85 bits per heavy atom. The average Bonchev–Trinajstić information content (AvgIpc) is 2.66. The van der Waals surface area contributed by atoms with Gasteiger partial charge in [0.25, 0.3) is 0 Å². The molecule has 150 valence electrons. The Hall–Kier alpha value is -2.39. The van der Waals surface area contributed by atoms with E-state index in [-0.39, 0.29) is 29.0 Å². The van der Waals surface area contributed by atoms with Crippen LogP contribution in [0.2, 0.25) is 0 Å². The van der Waals surface area contributed by atoms with Crippen molar-refractivity contribution in [2.24, 2.45) is 0 Å². The fourth-order valence-electron chi connectivity index (χ4n) is 2.37. The van der Waals surface area contributed by atoms with E-state index in [1.165, 1.54) is 43.3 Å². The minimum atomic E-state index is -3.70. The summed E-state index contributed by atoms with van der Waals surface area (Å²) in [4.78, 5) is 27.2. The van der Waals surface area contributed by atoms with E-state index in [1.807, 2.05) is 13.8 Å². The van der Waals surface area contributed by atoms with Crippen LogP contribution in [0.3, 0.4) is 0 Å². The molecule has 0 radical (unpaired) electrons. The number of hydrogen-bond acceptors (Lipinski definition) is 5. The lowest BCUT2D eigenvalue weighted by molar-refractivity contribution is -0.136. The van der Waals surface area contributed by atoms with E-state index in [0.717, 1.165) is 0 Å². The summed E-state index contributed by atoms with van der Waals surface area (Å²) >= 11 is 0. The van der Waals surface area contributed by atoms with Crippen molar-refractivity contribution in [3.05, 3.63) is 29.8 Å². The second-order valence-electron chi connectivity index (χ2n) is 5.71. The van der Waals surface area contributed by atoms with E-state index in [1.54, 1.807) is 18.0 Å². The maximum absolute atomic E-state index is 12.2. The molecule has 1 aromatic carbocycles. The highest BCUT2D eigenvalue weighted by Crippen LogP contribution is 2.25. The summed E-state index contributed by atoms with van der Waals surface area (Å²) < 4.78 is 31.5. The maximum Gasteiger partial charge on any atom is 0.246 e. The first-order valence-electron chi connectivity index (χ1n) is 8.52. The molecule has 0 aliphatic carbocycles. The van der Waals surface area contributed by atoms with Gasteiger partial charge in [-0.15, -0.1) is 0 Å². The van der Waals surface area contributed by atoms with Crippen molar-refractivity contribution in [1.29, 1.82) is 0 Å². The number of nitrogens with one attached hydrogen (secondary N) is 1. The fourth-order valence-corrected chi connectivity index (χ4v) is 3.30. The number of ether oxygens (including phenoxy) is 1. The van der Waals surface area contributed by atoms with Crippen molar-refractivity contribution >= 4 is 27.9 Å². The van der Waals surface area contributed by atoms with Crippen LogP contribution in [0.25, 0.3) is 6.08 Å². The molecule has 0 fully saturated rings. The molecule has 0 aromatic heterocycles. The van der Waals surface area contributed by atoms with Crippen molar-refractivity contribution < 1.29 is 22.7 Å². The van der Waals surface area contributed by atoms with E-state index >= 15 is 0 Å². The molecule has 0 aliphatic heterocycles. The standard InChI is InChI=1S/C18H27N3O5S/c1-6-21(7-2)18(23)13-20(4)17(22)11-9-14-8-10-15(26-5)16(12-14)27(24,25)19-3/h8-12,19H,6-7,13H2,1-5H3/b11-9+. The molecule has 0 unspecified atom stereocenters. The van der Waals surface area contributed by atoms with Crippen molar-refractivity contribution in [3.63, 3.8) is 0 Å². The summed E-state index contributed by atoms with van der Waals surface area (Å²) in [5, 5.41) is 0. The van der Waals surface area contributed by atoms with E-state index in [0.29, 0.717) is 18.7 Å². The minimum Gasteiger partial charge on any atom is -0.495 e. The smallest absolute Gasteiger partial charge is 0.246 e. The number of amides is 2. The molecule has 9 heteroatoms. The third kappa shape index (κ3) is 6.07. The fraction of sp³-hybridized carbons (Fsp3) is 0.444. The summed E-state index contributed by atoms with van der Waals surface area (Å²) in [5.41, 5.74) is 0.515. The lowest BCUT2D eigenvalue weighted by Gasteiger charge is -2.22. The van der Waals surface area contributed by atoms with Gasteiger partial charge in [-0.05, 0) is 44.7 Å². The summed E-state index contributed by atoms with van der Waals surface area (Å²) in [6.07, 6.45) is 2.79. The molecular formula is C18H27N3O5S. The van der Waals surface area contributed by atoms with Crippen LogP contribution < -0.4 is 9.46 Å². The van der Waals surface area contributed by atoms with Gasteiger partial charge < -0.3 is 14.5 Å². The zero-order valence-electron chi connectivity index (χ0n) is 16.4. The molecule has 1 aromatic rings. The monoisotopic (exact) mass is 397 g/mol. The van der Waals surface area contributed by atoms with Crippen molar-refractivity contribution in [1.82, 2.24) is 14.5 Å². The minimum absolute atomic E-state index is 0.0210. The van der Waals surface area contributed by atoms with Gasteiger partial charge in [-0.2, -0.15) is 0 Å². The van der Waals surface area contributed by atoms with Crippen LogP contribution in [0.5, 0.6) is 5.75 Å².